The molecule has 2 nitrogen and oxygen atoms in total. The van der Waals surface area contributed by atoms with Crippen LogP contribution in [0.25, 0.3) is 0 Å². The van der Waals surface area contributed by atoms with Crippen molar-refractivity contribution in [2.45, 2.75) is 25.2 Å². The number of benzene rings is 1. The van der Waals surface area contributed by atoms with Gasteiger partial charge in [-0.15, -0.1) is 0 Å². The van der Waals surface area contributed by atoms with Crippen LogP contribution < -0.4 is 4.74 Å². The van der Waals surface area contributed by atoms with Gasteiger partial charge in [-0.3, -0.25) is 4.39 Å². The number of alkyl halides is 1. The van der Waals surface area contributed by atoms with Crippen molar-refractivity contribution < 1.29 is 9.13 Å². The number of piperidine rings is 1. The summed E-state index contributed by atoms with van der Waals surface area (Å²) in [5.41, 5.74) is 1.35. The van der Waals surface area contributed by atoms with Gasteiger partial charge in [0.25, 0.3) is 0 Å². The molecule has 100 valence electrons. The second-order valence-electron chi connectivity index (χ2n) is 4.96. The van der Waals surface area contributed by atoms with Gasteiger partial charge in [0.2, 0.25) is 0 Å². The van der Waals surface area contributed by atoms with Crippen LogP contribution in [0.1, 0.15) is 30.7 Å². The van der Waals surface area contributed by atoms with Crippen LogP contribution in [0.4, 0.5) is 4.39 Å². The van der Waals surface area contributed by atoms with Crippen molar-refractivity contribution in [2.75, 3.05) is 33.4 Å². The van der Waals surface area contributed by atoms with Crippen LogP contribution in [-0.2, 0) is 0 Å². The number of rotatable bonds is 5. The number of hydrogen-bond donors (Lipinski definition) is 0. The SMILES string of the molecule is COc1cccc(C2CCCN(CCCF)C2)c1. The summed E-state index contributed by atoms with van der Waals surface area (Å²) in [5.74, 6) is 1.49. The Kier molecular flexibility index (Phi) is 5.00. The number of methoxy groups -OCH3 is 1. The molecule has 1 aliphatic rings. The van der Waals surface area contributed by atoms with Crippen LogP contribution in [-0.4, -0.2) is 38.3 Å². The molecule has 0 bridgehead atoms. The fourth-order valence-corrected chi connectivity index (χ4v) is 2.71. The van der Waals surface area contributed by atoms with E-state index in [-0.39, 0.29) is 6.67 Å². The lowest BCUT2D eigenvalue weighted by molar-refractivity contribution is 0.200. The van der Waals surface area contributed by atoms with Crippen LogP contribution in [0, 0.1) is 0 Å². The first-order chi connectivity index (χ1) is 8.83. The minimum Gasteiger partial charge on any atom is -0.497 e. The van der Waals surface area contributed by atoms with Crippen molar-refractivity contribution in [2.24, 2.45) is 0 Å². The van der Waals surface area contributed by atoms with Gasteiger partial charge < -0.3 is 9.64 Å². The molecule has 3 heteroatoms. The second-order valence-corrected chi connectivity index (χ2v) is 4.96. The van der Waals surface area contributed by atoms with Gasteiger partial charge in [-0.25, -0.2) is 0 Å². The summed E-state index contributed by atoms with van der Waals surface area (Å²) < 4.78 is 17.5. The number of ether oxygens (including phenoxy) is 1. The summed E-state index contributed by atoms with van der Waals surface area (Å²) >= 11 is 0. The largest absolute Gasteiger partial charge is 0.497 e. The number of nitrogens with zero attached hydrogens (tertiary/aromatic N) is 1. The lowest BCUT2D eigenvalue weighted by Crippen LogP contribution is -2.35. The van der Waals surface area contributed by atoms with E-state index in [0.717, 1.165) is 25.4 Å². The third-order valence-electron chi connectivity index (χ3n) is 3.68. The fourth-order valence-electron chi connectivity index (χ4n) is 2.71. The Morgan fingerprint density at radius 1 is 1.44 bits per heavy atom. The zero-order chi connectivity index (χ0) is 12.8. The average molecular weight is 251 g/mol. The topological polar surface area (TPSA) is 12.5 Å². The molecular formula is C15H22FNO. The molecule has 0 saturated carbocycles. The van der Waals surface area contributed by atoms with Crippen LogP contribution in [0.3, 0.4) is 0 Å². The van der Waals surface area contributed by atoms with E-state index in [2.05, 4.69) is 23.1 Å². The monoisotopic (exact) mass is 251 g/mol. The molecule has 0 amide bonds. The van der Waals surface area contributed by atoms with Crippen LogP contribution in [0.5, 0.6) is 5.75 Å². The number of halogens is 1. The molecule has 0 aromatic heterocycles. The van der Waals surface area contributed by atoms with Crippen LogP contribution in [0.2, 0.25) is 0 Å². The van der Waals surface area contributed by atoms with E-state index in [1.54, 1.807) is 7.11 Å². The predicted molar refractivity (Wildman–Crippen MR) is 72.0 cm³/mol. The molecule has 1 atom stereocenters. The van der Waals surface area contributed by atoms with Crippen molar-refractivity contribution in [3.05, 3.63) is 29.8 Å². The summed E-state index contributed by atoms with van der Waals surface area (Å²) in [6, 6.07) is 8.33. The van der Waals surface area contributed by atoms with Gasteiger partial charge in [-0.1, -0.05) is 12.1 Å². The maximum Gasteiger partial charge on any atom is 0.119 e. The summed E-state index contributed by atoms with van der Waals surface area (Å²) in [4.78, 5) is 2.38. The lowest BCUT2D eigenvalue weighted by atomic mass is 9.90. The molecule has 2 rings (SSSR count). The Hall–Kier alpha value is -1.09. The Balaban J connectivity index is 1.98. The van der Waals surface area contributed by atoms with E-state index in [1.165, 1.54) is 18.4 Å². The van der Waals surface area contributed by atoms with E-state index in [9.17, 15) is 4.39 Å². The highest BCUT2D eigenvalue weighted by Crippen LogP contribution is 2.28. The molecule has 1 aromatic carbocycles. The quantitative estimate of drug-likeness (QED) is 0.796. The highest BCUT2D eigenvalue weighted by molar-refractivity contribution is 5.31. The summed E-state index contributed by atoms with van der Waals surface area (Å²) in [6.07, 6.45) is 3.08. The molecule has 1 heterocycles. The number of hydrogen-bond acceptors (Lipinski definition) is 2. The molecule has 1 saturated heterocycles. The van der Waals surface area contributed by atoms with Gasteiger partial charge in [-0.05, 0) is 49.4 Å². The lowest BCUT2D eigenvalue weighted by Gasteiger charge is -2.32. The highest BCUT2D eigenvalue weighted by Gasteiger charge is 2.21. The molecular weight excluding hydrogens is 229 g/mol. The van der Waals surface area contributed by atoms with Gasteiger partial charge >= 0.3 is 0 Å². The Bertz CT molecular complexity index is 369. The smallest absolute Gasteiger partial charge is 0.119 e. The average Bonchev–Trinajstić information content (AvgIpc) is 2.45. The summed E-state index contributed by atoms with van der Waals surface area (Å²) in [7, 11) is 1.70. The minimum absolute atomic E-state index is 0.208. The van der Waals surface area contributed by atoms with Crippen LogP contribution in [0.15, 0.2) is 24.3 Å². The van der Waals surface area contributed by atoms with Crippen molar-refractivity contribution in [3.63, 3.8) is 0 Å². The Morgan fingerprint density at radius 2 is 2.33 bits per heavy atom. The predicted octanol–water partition coefficient (Wildman–Crippen LogP) is 3.23. The van der Waals surface area contributed by atoms with Gasteiger partial charge in [0.15, 0.2) is 0 Å². The van der Waals surface area contributed by atoms with Gasteiger partial charge in [0.05, 0.1) is 13.8 Å². The normalized spacial score (nSPS) is 20.9. The van der Waals surface area contributed by atoms with Crippen molar-refractivity contribution in [3.8, 4) is 5.75 Å². The molecule has 18 heavy (non-hydrogen) atoms. The molecule has 1 unspecified atom stereocenters. The maximum absolute atomic E-state index is 12.2. The zero-order valence-electron chi connectivity index (χ0n) is 11.1. The van der Waals surface area contributed by atoms with E-state index in [1.807, 2.05) is 6.07 Å². The summed E-state index contributed by atoms with van der Waals surface area (Å²) in [6.45, 7) is 2.84. The minimum atomic E-state index is -0.208. The van der Waals surface area contributed by atoms with Gasteiger partial charge in [0.1, 0.15) is 5.75 Å². The Labute approximate surface area is 109 Å². The van der Waals surface area contributed by atoms with E-state index >= 15 is 0 Å². The third-order valence-corrected chi connectivity index (χ3v) is 3.68. The van der Waals surface area contributed by atoms with Gasteiger partial charge in [-0.2, -0.15) is 0 Å². The third kappa shape index (κ3) is 3.45. The standard InChI is InChI=1S/C15H22FNO/c1-18-15-7-2-5-13(11-15)14-6-3-9-17(12-14)10-4-8-16/h2,5,7,11,14H,3-4,6,8-10,12H2,1H3. The zero-order valence-corrected chi connectivity index (χ0v) is 11.1. The van der Waals surface area contributed by atoms with Gasteiger partial charge in [0, 0.05) is 13.1 Å². The molecule has 0 radical (unpaired) electrons. The molecule has 1 aromatic rings. The molecule has 0 spiro atoms. The fraction of sp³-hybridized carbons (Fsp3) is 0.600. The van der Waals surface area contributed by atoms with Crippen LogP contribution >= 0.6 is 0 Å². The van der Waals surface area contributed by atoms with Crippen molar-refractivity contribution in [1.82, 2.24) is 4.90 Å². The van der Waals surface area contributed by atoms with Crippen molar-refractivity contribution >= 4 is 0 Å². The van der Waals surface area contributed by atoms with E-state index in [4.69, 9.17) is 4.74 Å². The first kappa shape index (κ1) is 13.3. The molecule has 0 N–H and O–H groups in total. The maximum atomic E-state index is 12.2. The van der Waals surface area contributed by atoms with E-state index < -0.39 is 0 Å². The van der Waals surface area contributed by atoms with E-state index in [0.29, 0.717) is 12.3 Å². The van der Waals surface area contributed by atoms with Crippen molar-refractivity contribution in [1.29, 1.82) is 0 Å². The first-order valence-electron chi connectivity index (χ1n) is 6.75. The number of likely N-dealkylation sites (tertiary alicyclic amines) is 1. The summed E-state index contributed by atoms with van der Waals surface area (Å²) in [5, 5.41) is 0. The highest BCUT2D eigenvalue weighted by atomic mass is 19.1. The molecule has 1 aliphatic heterocycles. The Morgan fingerprint density at radius 3 is 3.11 bits per heavy atom. The first-order valence-corrected chi connectivity index (χ1v) is 6.75. The second kappa shape index (κ2) is 6.74. The molecule has 0 aliphatic carbocycles. The molecule has 1 fully saturated rings.